The molecule has 0 spiro atoms. The van der Waals surface area contributed by atoms with Crippen LogP contribution in [0.4, 0.5) is 0 Å². The molecule has 4 atom stereocenters. The van der Waals surface area contributed by atoms with Crippen molar-refractivity contribution in [3.63, 3.8) is 0 Å². The molecule has 2 unspecified atom stereocenters. The van der Waals surface area contributed by atoms with Crippen LogP contribution in [0.5, 0.6) is 0 Å². The van der Waals surface area contributed by atoms with Crippen LogP contribution in [0.25, 0.3) is 0 Å². The van der Waals surface area contributed by atoms with Crippen molar-refractivity contribution < 1.29 is 14.3 Å². The summed E-state index contributed by atoms with van der Waals surface area (Å²) in [5, 5.41) is 0. The van der Waals surface area contributed by atoms with Crippen LogP contribution < -0.4 is 0 Å². The van der Waals surface area contributed by atoms with Gasteiger partial charge in [0.2, 0.25) is 0 Å². The van der Waals surface area contributed by atoms with Gasteiger partial charge in [-0.1, -0.05) is 25.8 Å². The summed E-state index contributed by atoms with van der Waals surface area (Å²) in [4.78, 5) is 12.7. The first kappa shape index (κ1) is 17.7. The van der Waals surface area contributed by atoms with E-state index in [2.05, 4.69) is 13.8 Å². The molecule has 4 rings (SSSR count). The van der Waals surface area contributed by atoms with Crippen LogP contribution in [0.2, 0.25) is 0 Å². The maximum absolute atomic E-state index is 12.7. The van der Waals surface area contributed by atoms with Crippen LogP contribution in [0.15, 0.2) is 11.1 Å². The van der Waals surface area contributed by atoms with Gasteiger partial charge in [-0.15, -0.1) is 0 Å². The lowest BCUT2D eigenvalue weighted by Gasteiger charge is -2.48. The van der Waals surface area contributed by atoms with Crippen molar-refractivity contribution in [3.05, 3.63) is 11.1 Å². The molecule has 3 aliphatic carbocycles. The summed E-state index contributed by atoms with van der Waals surface area (Å²) in [6.45, 7) is 8.29. The zero-order valence-corrected chi connectivity index (χ0v) is 16.2. The van der Waals surface area contributed by atoms with E-state index in [9.17, 15) is 4.79 Å². The fraction of sp³-hybridized carbons (Fsp3) is 0.864. The lowest BCUT2D eigenvalue weighted by Crippen LogP contribution is -2.40. The normalized spacial score (nSPS) is 40.3. The Morgan fingerprint density at radius 2 is 1.84 bits per heavy atom. The molecule has 25 heavy (non-hydrogen) atoms. The highest BCUT2D eigenvalue weighted by molar-refractivity contribution is 5.97. The van der Waals surface area contributed by atoms with E-state index in [1.807, 2.05) is 6.92 Å². The number of rotatable bonds is 4. The molecule has 2 saturated carbocycles. The van der Waals surface area contributed by atoms with Gasteiger partial charge in [-0.3, -0.25) is 4.79 Å². The minimum absolute atomic E-state index is 0.404. The topological polar surface area (TPSA) is 35.5 Å². The second-order valence-electron chi connectivity index (χ2n) is 9.20. The number of hydrogen-bond donors (Lipinski definition) is 0. The second kappa shape index (κ2) is 6.49. The molecule has 140 valence electrons. The van der Waals surface area contributed by atoms with E-state index >= 15 is 0 Å². The zero-order valence-electron chi connectivity index (χ0n) is 16.2. The van der Waals surface area contributed by atoms with Crippen molar-refractivity contribution in [2.24, 2.45) is 23.2 Å². The van der Waals surface area contributed by atoms with E-state index in [0.717, 1.165) is 49.5 Å². The van der Waals surface area contributed by atoms with E-state index < -0.39 is 5.79 Å². The smallest absolute Gasteiger partial charge is 0.166 e. The molecule has 3 heteroatoms. The largest absolute Gasteiger partial charge is 0.348 e. The molecule has 3 fully saturated rings. The Hall–Kier alpha value is -0.670. The molecule has 3 nitrogen and oxygen atoms in total. The quantitative estimate of drug-likeness (QED) is 0.715. The van der Waals surface area contributed by atoms with Crippen molar-refractivity contribution >= 4 is 5.78 Å². The third kappa shape index (κ3) is 2.92. The van der Waals surface area contributed by atoms with Crippen LogP contribution in [-0.2, 0) is 14.3 Å². The number of fused-ring (bicyclic) bond motifs is 3. The van der Waals surface area contributed by atoms with Gasteiger partial charge in [-0.25, -0.2) is 0 Å². The fourth-order valence-corrected chi connectivity index (χ4v) is 6.62. The summed E-state index contributed by atoms with van der Waals surface area (Å²) in [6, 6.07) is 0. The van der Waals surface area contributed by atoms with Crippen molar-refractivity contribution in [2.75, 3.05) is 13.2 Å². The van der Waals surface area contributed by atoms with Gasteiger partial charge in [0.15, 0.2) is 11.6 Å². The predicted octanol–water partition coefficient (Wildman–Crippen LogP) is 5.04. The molecule has 1 heterocycles. The summed E-state index contributed by atoms with van der Waals surface area (Å²) < 4.78 is 11.5. The molecule has 1 saturated heterocycles. The SMILES string of the molecule is CC[C@@H]1CCC2C3CCC(=O)C(CCC4(C)OCCO4)=C3CC[C@]21C. The average molecular weight is 347 g/mol. The highest BCUT2D eigenvalue weighted by Crippen LogP contribution is 2.61. The lowest BCUT2D eigenvalue weighted by atomic mass is 9.56. The van der Waals surface area contributed by atoms with E-state index in [-0.39, 0.29) is 0 Å². The number of ether oxygens (including phenoxy) is 2. The van der Waals surface area contributed by atoms with Gasteiger partial charge < -0.3 is 9.47 Å². The average Bonchev–Trinajstić information content (AvgIpc) is 3.17. The van der Waals surface area contributed by atoms with E-state index in [1.165, 1.54) is 31.3 Å². The first-order chi connectivity index (χ1) is 12.0. The standard InChI is InChI=1S/C22H34O3/c1-4-15-5-7-19-17-6-8-20(23)18(16(17)9-11-21(15,19)2)10-12-22(3)24-13-14-25-22/h15,17,19H,4-14H2,1-3H3/t15-,17?,19?,21+/m1/s1. The number of hydrogen-bond acceptors (Lipinski definition) is 3. The van der Waals surface area contributed by atoms with Crippen LogP contribution in [0.1, 0.15) is 78.6 Å². The molecule has 0 aromatic carbocycles. The van der Waals surface area contributed by atoms with E-state index in [4.69, 9.17) is 9.47 Å². The molecule has 0 aromatic rings. The number of allylic oxidation sites excluding steroid dienone is 2. The lowest BCUT2D eigenvalue weighted by molar-refractivity contribution is -0.146. The molecule has 0 aromatic heterocycles. The summed E-state index contributed by atoms with van der Waals surface area (Å²) in [5.74, 6) is 2.28. The van der Waals surface area contributed by atoms with Crippen LogP contribution in [0, 0.1) is 23.2 Å². The maximum atomic E-state index is 12.7. The fourth-order valence-electron chi connectivity index (χ4n) is 6.62. The Morgan fingerprint density at radius 1 is 1.08 bits per heavy atom. The third-order valence-corrected chi connectivity index (χ3v) is 8.10. The molecule has 4 aliphatic rings. The minimum Gasteiger partial charge on any atom is -0.348 e. The third-order valence-electron chi connectivity index (χ3n) is 8.10. The predicted molar refractivity (Wildman–Crippen MR) is 98.1 cm³/mol. The van der Waals surface area contributed by atoms with Gasteiger partial charge in [0.1, 0.15) is 0 Å². The molecular formula is C22H34O3. The first-order valence-corrected chi connectivity index (χ1v) is 10.5. The van der Waals surface area contributed by atoms with Crippen LogP contribution in [-0.4, -0.2) is 24.8 Å². The van der Waals surface area contributed by atoms with Crippen molar-refractivity contribution in [1.29, 1.82) is 0 Å². The second-order valence-corrected chi connectivity index (χ2v) is 9.20. The molecule has 0 radical (unpaired) electrons. The first-order valence-electron chi connectivity index (χ1n) is 10.5. The number of ketones is 1. The van der Waals surface area contributed by atoms with Gasteiger partial charge in [0, 0.05) is 12.8 Å². The molecular weight excluding hydrogens is 312 g/mol. The molecule has 1 aliphatic heterocycles. The number of carbonyl (C=O) groups excluding carboxylic acids is 1. The zero-order chi connectivity index (χ0) is 17.7. The van der Waals surface area contributed by atoms with Gasteiger partial charge in [-0.05, 0) is 74.2 Å². The Morgan fingerprint density at radius 3 is 2.56 bits per heavy atom. The van der Waals surface area contributed by atoms with E-state index in [0.29, 0.717) is 30.3 Å². The molecule has 0 bridgehead atoms. The molecule has 0 N–H and O–H groups in total. The molecule has 0 amide bonds. The highest BCUT2D eigenvalue weighted by atomic mass is 16.7. The van der Waals surface area contributed by atoms with Crippen LogP contribution >= 0.6 is 0 Å². The highest BCUT2D eigenvalue weighted by Gasteiger charge is 2.53. The van der Waals surface area contributed by atoms with Gasteiger partial charge >= 0.3 is 0 Å². The maximum Gasteiger partial charge on any atom is 0.166 e. The monoisotopic (exact) mass is 346 g/mol. The minimum atomic E-state index is -0.482. The van der Waals surface area contributed by atoms with Gasteiger partial charge in [-0.2, -0.15) is 0 Å². The van der Waals surface area contributed by atoms with Crippen molar-refractivity contribution in [3.8, 4) is 0 Å². The number of carbonyl (C=O) groups is 1. The van der Waals surface area contributed by atoms with E-state index in [1.54, 1.807) is 0 Å². The van der Waals surface area contributed by atoms with Crippen LogP contribution in [0.3, 0.4) is 0 Å². The Kier molecular flexibility index (Phi) is 4.60. The summed E-state index contributed by atoms with van der Waals surface area (Å²) in [6.07, 6.45) is 10.0. The van der Waals surface area contributed by atoms with Crippen molar-refractivity contribution in [1.82, 2.24) is 0 Å². The Labute approximate surface area is 152 Å². The Bertz CT molecular complexity index is 572. The Balaban J connectivity index is 1.57. The summed E-state index contributed by atoms with van der Waals surface area (Å²) >= 11 is 0. The number of Topliss-reactive ketones (excluding diaryl/α,β-unsaturated/α-hetero) is 1. The van der Waals surface area contributed by atoms with Gasteiger partial charge in [0.05, 0.1) is 13.2 Å². The summed E-state index contributed by atoms with van der Waals surface area (Å²) in [7, 11) is 0. The van der Waals surface area contributed by atoms with Gasteiger partial charge in [0.25, 0.3) is 0 Å². The van der Waals surface area contributed by atoms with Crippen molar-refractivity contribution in [2.45, 2.75) is 84.3 Å². The summed E-state index contributed by atoms with van der Waals surface area (Å²) in [5.41, 5.74) is 3.19.